The Balaban J connectivity index is 2.27. The third-order valence-electron chi connectivity index (χ3n) is 4.30. The molecular weight excluding hydrogens is 268 g/mol. The van der Waals surface area contributed by atoms with Gasteiger partial charge in [-0.05, 0) is 25.0 Å². The first-order valence-corrected chi connectivity index (χ1v) is 7.41. The fourth-order valence-corrected chi connectivity index (χ4v) is 3.11. The summed E-state index contributed by atoms with van der Waals surface area (Å²) in [6.45, 7) is 1.96. The summed E-state index contributed by atoms with van der Waals surface area (Å²) in [7, 11) is 1.55. The summed E-state index contributed by atoms with van der Waals surface area (Å²) in [5.41, 5.74) is 0.851. The molecule has 114 valence electrons. The van der Waals surface area contributed by atoms with Crippen molar-refractivity contribution in [3.05, 3.63) is 30.1 Å². The zero-order chi connectivity index (χ0) is 15.4. The molecule has 2 heterocycles. The van der Waals surface area contributed by atoms with Crippen molar-refractivity contribution in [3.63, 3.8) is 0 Å². The van der Waals surface area contributed by atoms with E-state index >= 15 is 0 Å². The molecule has 1 N–H and O–H groups in total. The van der Waals surface area contributed by atoms with Crippen LogP contribution in [0.15, 0.2) is 24.4 Å². The molecule has 0 radical (unpaired) electrons. The number of hydrogen-bond donors (Lipinski definition) is 1. The molecule has 5 heteroatoms. The maximum atomic E-state index is 12.4. The third-order valence-corrected chi connectivity index (χ3v) is 4.30. The number of aliphatic hydroxyl groups is 1. The minimum atomic E-state index is -0.351. The molecule has 0 aliphatic carbocycles. The topological polar surface area (TPSA) is 70.5 Å². The highest BCUT2D eigenvalue weighted by Gasteiger charge is 2.47. The molecule has 1 aromatic heterocycles. The van der Waals surface area contributed by atoms with Crippen LogP contribution >= 0.6 is 0 Å². The minimum absolute atomic E-state index is 0.0749. The summed E-state index contributed by atoms with van der Waals surface area (Å²) in [4.78, 5) is 30.0. The van der Waals surface area contributed by atoms with E-state index in [0.29, 0.717) is 6.42 Å². The number of nitrogens with zero attached hydrogens (tertiary/aromatic N) is 2. The van der Waals surface area contributed by atoms with Crippen molar-refractivity contribution in [1.29, 1.82) is 0 Å². The average molecular weight is 290 g/mol. The van der Waals surface area contributed by atoms with Gasteiger partial charge in [0.2, 0.25) is 11.8 Å². The smallest absolute Gasteiger partial charge is 0.233 e. The van der Waals surface area contributed by atoms with Crippen LogP contribution in [-0.2, 0) is 9.59 Å². The van der Waals surface area contributed by atoms with Crippen LogP contribution in [0.4, 0.5) is 0 Å². The molecule has 1 saturated heterocycles. The van der Waals surface area contributed by atoms with Gasteiger partial charge in [0.25, 0.3) is 0 Å². The molecule has 3 unspecified atom stereocenters. The van der Waals surface area contributed by atoms with E-state index in [4.69, 9.17) is 5.11 Å². The summed E-state index contributed by atoms with van der Waals surface area (Å²) in [6, 6.07) is 5.65. The van der Waals surface area contributed by atoms with E-state index in [9.17, 15) is 9.59 Å². The van der Waals surface area contributed by atoms with Crippen LogP contribution < -0.4 is 0 Å². The van der Waals surface area contributed by atoms with Gasteiger partial charge >= 0.3 is 0 Å². The molecule has 2 rings (SSSR count). The van der Waals surface area contributed by atoms with Crippen molar-refractivity contribution in [1.82, 2.24) is 9.88 Å². The maximum absolute atomic E-state index is 12.4. The summed E-state index contributed by atoms with van der Waals surface area (Å²) in [6.07, 6.45) is 3.97. The third kappa shape index (κ3) is 3.13. The first-order valence-electron chi connectivity index (χ1n) is 7.41. The van der Waals surface area contributed by atoms with Crippen molar-refractivity contribution in [2.45, 2.75) is 32.1 Å². The predicted octanol–water partition coefficient (Wildman–Crippen LogP) is 1.58. The van der Waals surface area contributed by atoms with Crippen molar-refractivity contribution in [3.8, 4) is 0 Å². The summed E-state index contributed by atoms with van der Waals surface area (Å²) < 4.78 is 0. The quantitative estimate of drug-likeness (QED) is 0.638. The minimum Gasteiger partial charge on any atom is -0.396 e. The molecule has 0 saturated carbocycles. The lowest BCUT2D eigenvalue weighted by Gasteiger charge is -2.23. The first kappa shape index (κ1) is 15.6. The molecular formula is C16H22N2O3. The van der Waals surface area contributed by atoms with Crippen molar-refractivity contribution < 1.29 is 14.7 Å². The van der Waals surface area contributed by atoms with Crippen LogP contribution in [0.25, 0.3) is 0 Å². The summed E-state index contributed by atoms with van der Waals surface area (Å²) >= 11 is 0. The van der Waals surface area contributed by atoms with Gasteiger partial charge in [-0.3, -0.25) is 19.5 Å². The maximum Gasteiger partial charge on any atom is 0.233 e. The summed E-state index contributed by atoms with van der Waals surface area (Å²) in [5, 5.41) is 8.96. The van der Waals surface area contributed by atoms with Crippen LogP contribution in [0.3, 0.4) is 0 Å². The SMILES string of the molecule is CC1C(=O)N(C)C(=O)C1C(CCCCO)c1ccccn1. The van der Waals surface area contributed by atoms with E-state index in [1.165, 1.54) is 4.90 Å². The molecule has 2 amide bonds. The lowest BCUT2D eigenvalue weighted by atomic mass is 9.79. The predicted molar refractivity (Wildman–Crippen MR) is 78.3 cm³/mol. The molecule has 1 aromatic rings. The van der Waals surface area contributed by atoms with E-state index in [2.05, 4.69) is 4.98 Å². The number of unbranched alkanes of at least 4 members (excludes halogenated alkanes) is 1. The van der Waals surface area contributed by atoms with Crippen molar-refractivity contribution >= 4 is 11.8 Å². The van der Waals surface area contributed by atoms with Gasteiger partial charge in [0.05, 0.1) is 5.92 Å². The summed E-state index contributed by atoms with van der Waals surface area (Å²) in [5.74, 6) is -0.978. The Bertz CT molecular complexity index is 504. The van der Waals surface area contributed by atoms with Gasteiger partial charge in [-0.2, -0.15) is 0 Å². The Morgan fingerprint density at radius 2 is 2.05 bits per heavy atom. The molecule has 1 fully saturated rings. The zero-order valence-electron chi connectivity index (χ0n) is 12.5. The second-order valence-corrected chi connectivity index (χ2v) is 5.63. The number of carbonyl (C=O) groups excluding carboxylic acids is 2. The highest BCUT2D eigenvalue weighted by atomic mass is 16.3. The lowest BCUT2D eigenvalue weighted by molar-refractivity contribution is -0.138. The van der Waals surface area contributed by atoms with E-state index in [-0.39, 0.29) is 36.2 Å². The van der Waals surface area contributed by atoms with Gasteiger partial charge in [-0.1, -0.05) is 19.4 Å². The molecule has 0 aromatic carbocycles. The Morgan fingerprint density at radius 3 is 2.57 bits per heavy atom. The Morgan fingerprint density at radius 1 is 1.29 bits per heavy atom. The highest BCUT2D eigenvalue weighted by Crippen LogP contribution is 2.39. The van der Waals surface area contributed by atoms with Crippen LogP contribution in [0.5, 0.6) is 0 Å². The molecule has 5 nitrogen and oxygen atoms in total. The number of hydrogen-bond acceptors (Lipinski definition) is 4. The highest BCUT2D eigenvalue weighted by molar-refractivity contribution is 6.05. The monoisotopic (exact) mass is 290 g/mol. The van der Waals surface area contributed by atoms with Crippen LogP contribution in [0.1, 0.15) is 37.8 Å². The number of imide groups is 1. The first-order chi connectivity index (χ1) is 10.1. The van der Waals surface area contributed by atoms with Gasteiger partial charge in [-0.15, -0.1) is 0 Å². The van der Waals surface area contributed by atoms with E-state index in [0.717, 1.165) is 18.5 Å². The van der Waals surface area contributed by atoms with Crippen LogP contribution in [0, 0.1) is 11.8 Å². The molecule has 21 heavy (non-hydrogen) atoms. The van der Waals surface area contributed by atoms with Crippen LogP contribution in [0.2, 0.25) is 0 Å². The number of likely N-dealkylation sites (tertiary alicyclic amines) is 1. The van der Waals surface area contributed by atoms with Crippen molar-refractivity contribution in [2.24, 2.45) is 11.8 Å². The molecule has 3 atom stereocenters. The molecule has 1 aliphatic heterocycles. The largest absolute Gasteiger partial charge is 0.396 e. The van der Waals surface area contributed by atoms with E-state index in [1.807, 2.05) is 25.1 Å². The number of aromatic nitrogens is 1. The molecule has 1 aliphatic rings. The standard InChI is InChI=1S/C16H22N2O3/c1-11-14(16(21)18(2)15(11)20)12(7-4-6-10-19)13-8-3-5-9-17-13/h3,5,8-9,11-12,14,19H,4,6-7,10H2,1-2H3. The van der Waals surface area contributed by atoms with E-state index < -0.39 is 0 Å². The Kier molecular flexibility index (Phi) is 5.07. The number of rotatable bonds is 6. The van der Waals surface area contributed by atoms with E-state index in [1.54, 1.807) is 13.2 Å². The van der Waals surface area contributed by atoms with Gasteiger partial charge in [0.15, 0.2) is 0 Å². The van der Waals surface area contributed by atoms with Gasteiger partial charge in [-0.25, -0.2) is 0 Å². The van der Waals surface area contributed by atoms with Crippen molar-refractivity contribution in [2.75, 3.05) is 13.7 Å². The van der Waals surface area contributed by atoms with Gasteiger partial charge in [0.1, 0.15) is 0 Å². The number of amides is 2. The van der Waals surface area contributed by atoms with Crippen LogP contribution in [-0.4, -0.2) is 40.5 Å². The second-order valence-electron chi connectivity index (χ2n) is 5.63. The fourth-order valence-electron chi connectivity index (χ4n) is 3.11. The van der Waals surface area contributed by atoms with Gasteiger partial charge in [0, 0.05) is 37.4 Å². The second kappa shape index (κ2) is 6.80. The average Bonchev–Trinajstić information content (AvgIpc) is 2.69. The molecule has 0 bridgehead atoms. The zero-order valence-corrected chi connectivity index (χ0v) is 12.5. The lowest BCUT2D eigenvalue weighted by Crippen LogP contribution is -2.28. The van der Waals surface area contributed by atoms with Gasteiger partial charge < -0.3 is 5.11 Å². The number of carbonyl (C=O) groups is 2. The number of pyridine rings is 1. The molecule has 0 spiro atoms. The normalized spacial score (nSPS) is 23.7. The fraction of sp³-hybridized carbons (Fsp3) is 0.562. The number of aliphatic hydroxyl groups excluding tert-OH is 1. The Labute approximate surface area is 125 Å². The Hall–Kier alpha value is -1.75.